The Morgan fingerprint density at radius 1 is 1.14 bits per heavy atom. The number of carbonyl (C=O) groups is 1. The first-order valence-corrected chi connectivity index (χ1v) is 9.11. The number of esters is 1. The fraction of sp³-hybridized carbons (Fsp3) is 0.438. The average molecular weight is 326 g/mol. The first-order chi connectivity index (χ1) is 10.1. The van der Waals surface area contributed by atoms with Crippen LogP contribution in [0.5, 0.6) is 0 Å². The van der Waals surface area contributed by atoms with E-state index in [1.54, 1.807) is 30.4 Å². The van der Waals surface area contributed by atoms with Crippen LogP contribution in [-0.4, -0.2) is 35.8 Å². The molecular weight excluding hydrogens is 304 g/mol. The van der Waals surface area contributed by atoms with Crippen LogP contribution in [0.25, 0.3) is 0 Å². The molecule has 0 radical (unpaired) electrons. The quantitative estimate of drug-likeness (QED) is 0.406. The summed E-state index contributed by atoms with van der Waals surface area (Å²) in [6.07, 6.45) is 0. The minimum Gasteiger partial charge on any atom is -0.461 e. The molecule has 21 heavy (non-hydrogen) atoms. The van der Waals surface area contributed by atoms with Gasteiger partial charge in [-0.1, -0.05) is 30.8 Å². The Hall–Kier alpha value is -0.910. The molecule has 0 aliphatic rings. The number of thioether (sulfide) groups is 2. The lowest BCUT2D eigenvalue weighted by atomic mass is 10.2. The molecule has 0 saturated heterocycles. The monoisotopic (exact) mass is 326 g/mol. The maximum atomic E-state index is 11.2. The summed E-state index contributed by atoms with van der Waals surface area (Å²) in [6, 6.07) is 8.51. The van der Waals surface area contributed by atoms with Gasteiger partial charge < -0.3 is 9.84 Å². The summed E-state index contributed by atoms with van der Waals surface area (Å²) in [4.78, 5) is 11.2. The third-order valence-corrected chi connectivity index (χ3v) is 4.61. The first-order valence-electron chi connectivity index (χ1n) is 6.80. The summed E-state index contributed by atoms with van der Waals surface area (Å²) in [5.74, 6) is 3.09. The third-order valence-electron chi connectivity index (χ3n) is 2.61. The van der Waals surface area contributed by atoms with Crippen molar-refractivity contribution in [1.29, 1.82) is 0 Å². The topological polar surface area (TPSA) is 46.5 Å². The van der Waals surface area contributed by atoms with Crippen molar-refractivity contribution in [3.8, 4) is 0 Å². The van der Waals surface area contributed by atoms with Crippen molar-refractivity contribution in [2.75, 3.05) is 24.7 Å². The fourth-order valence-corrected chi connectivity index (χ4v) is 2.97. The van der Waals surface area contributed by atoms with Gasteiger partial charge in [-0.2, -0.15) is 23.5 Å². The van der Waals surface area contributed by atoms with Crippen LogP contribution in [0.3, 0.4) is 0 Å². The fourth-order valence-electron chi connectivity index (χ4n) is 1.49. The summed E-state index contributed by atoms with van der Waals surface area (Å²) in [7, 11) is 0. The number of hydrogen-bond donors (Lipinski definition) is 1. The third kappa shape index (κ3) is 8.19. The van der Waals surface area contributed by atoms with E-state index in [0.717, 1.165) is 23.0 Å². The van der Waals surface area contributed by atoms with Crippen LogP contribution in [0.1, 0.15) is 18.1 Å². The lowest BCUT2D eigenvalue weighted by Crippen LogP contribution is -2.07. The van der Waals surface area contributed by atoms with Gasteiger partial charge in [-0.3, -0.25) is 0 Å². The smallest absolute Gasteiger partial charge is 0.333 e. The Labute approximate surface area is 135 Å². The highest BCUT2D eigenvalue weighted by molar-refractivity contribution is 7.98. The average Bonchev–Trinajstić information content (AvgIpc) is 2.48. The Kier molecular flexibility index (Phi) is 9.30. The molecular formula is C16H22O3S2. The molecule has 1 aromatic carbocycles. The maximum absolute atomic E-state index is 11.2. The number of benzene rings is 1. The molecule has 1 aromatic rings. The van der Waals surface area contributed by atoms with Crippen molar-refractivity contribution >= 4 is 29.5 Å². The molecule has 0 unspecified atom stereocenters. The van der Waals surface area contributed by atoms with E-state index >= 15 is 0 Å². The zero-order valence-electron chi connectivity index (χ0n) is 12.3. The number of ether oxygens (including phenoxy) is 1. The van der Waals surface area contributed by atoms with Crippen molar-refractivity contribution in [3.05, 3.63) is 47.5 Å². The molecule has 116 valence electrons. The summed E-state index contributed by atoms with van der Waals surface area (Å²) in [5, 5.41) is 8.73. The molecule has 1 rings (SSSR count). The summed E-state index contributed by atoms with van der Waals surface area (Å²) in [6.45, 7) is 5.84. The van der Waals surface area contributed by atoms with E-state index in [2.05, 4.69) is 30.8 Å². The zero-order valence-corrected chi connectivity index (χ0v) is 14.0. The van der Waals surface area contributed by atoms with Gasteiger partial charge in [-0.05, 0) is 18.1 Å². The van der Waals surface area contributed by atoms with E-state index in [-0.39, 0.29) is 12.6 Å². The van der Waals surface area contributed by atoms with Crippen LogP contribution in [0.4, 0.5) is 0 Å². The molecule has 0 heterocycles. The second-order valence-corrected chi connectivity index (χ2v) is 6.77. The zero-order chi connectivity index (χ0) is 15.5. The van der Waals surface area contributed by atoms with Gasteiger partial charge in [-0.15, -0.1) is 0 Å². The van der Waals surface area contributed by atoms with Gasteiger partial charge in [0.15, 0.2) is 0 Å². The van der Waals surface area contributed by atoms with Crippen LogP contribution in [-0.2, 0) is 21.0 Å². The predicted molar refractivity (Wildman–Crippen MR) is 91.6 cm³/mol. The van der Waals surface area contributed by atoms with Gasteiger partial charge in [0.1, 0.15) is 6.61 Å². The number of aliphatic hydroxyl groups excluding tert-OH is 1. The first kappa shape index (κ1) is 18.1. The number of carbonyl (C=O) groups excluding carboxylic acids is 1. The Balaban J connectivity index is 2.18. The highest BCUT2D eigenvalue weighted by atomic mass is 32.2. The largest absolute Gasteiger partial charge is 0.461 e. The molecule has 0 spiro atoms. The Bertz CT molecular complexity index is 443. The van der Waals surface area contributed by atoms with Crippen molar-refractivity contribution in [2.45, 2.75) is 18.4 Å². The van der Waals surface area contributed by atoms with Crippen molar-refractivity contribution < 1.29 is 14.6 Å². The molecule has 5 heteroatoms. The lowest BCUT2D eigenvalue weighted by Gasteiger charge is -2.05. The molecule has 0 saturated carbocycles. The van der Waals surface area contributed by atoms with Crippen LogP contribution in [0.15, 0.2) is 36.4 Å². The van der Waals surface area contributed by atoms with Gasteiger partial charge >= 0.3 is 5.97 Å². The molecule has 0 aromatic heterocycles. The van der Waals surface area contributed by atoms with E-state index in [9.17, 15) is 4.79 Å². The Morgan fingerprint density at radius 2 is 1.67 bits per heavy atom. The summed E-state index contributed by atoms with van der Waals surface area (Å²) < 4.78 is 5.03. The molecule has 0 aliphatic heterocycles. The van der Waals surface area contributed by atoms with Crippen LogP contribution < -0.4 is 0 Å². The van der Waals surface area contributed by atoms with Crippen molar-refractivity contribution in [1.82, 2.24) is 0 Å². The number of hydrogen-bond acceptors (Lipinski definition) is 5. The molecule has 0 atom stereocenters. The van der Waals surface area contributed by atoms with Crippen LogP contribution in [0, 0.1) is 0 Å². The second kappa shape index (κ2) is 10.8. The summed E-state index contributed by atoms with van der Waals surface area (Å²) in [5.41, 5.74) is 2.98. The van der Waals surface area contributed by atoms with Crippen LogP contribution >= 0.6 is 23.5 Å². The second-order valence-electron chi connectivity index (χ2n) is 4.56. The van der Waals surface area contributed by atoms with Gasteiger partial charge in [0.05, 0.1) is 6.61 Å². The standard InChI is InChI=1S/C16H22O3S2/c1-13(2)16(18)19-8-10-21-12-15-5-3-14(4-6-15)11-20-9-7-17/h3-6,17H,1,7-12H2,2H3. The van der Waals surface area contributed by atoms with Gasteiger partial charge in [-0.25, -0.2) is 4.79 Å². The number of aliphatic hydroxyl groups is 1. The molecule has 0 bridgehead atoms. The van der Waals surface area contributed by atoms with Crippen molar-refractivity contribution in [2.24, 2.45) is 0 Å². The summed E-state index contributed by atoms with van der Waals surface area (Å²) >= 11 is 3.47. The van der Waals surface area contributed by atoms with Gasteiger partial charge in [0, 0.05) is 28.6 Å². The number of rotatable bonds is 10. The van der Waals surface area contributed by atoms with Crippen molar-refractivity contribution in [3.63, 3.8) is 0 Å². The van der Waals surface area contributed by atoms with Crippen LogP contribution in [0.2, 0.25) is 0 Å². The highest BCUT2D eigenvalue weighted by Crippen LogP contribution is 2.16. The molecule has 0 amide bonds. The van der Waals surface area contributed by atoms with E-state index in [4.69, 9.17) is 9.84 Å². The van der Waals surface area contributed by atoms with Gasteiger partial charge in [0.2, 0.25) is 0 Å². The van der Waals surface area contributed by atoms with E-state index in [1.165, 1.54) is 11.1 Å². The minimum atomic E-state index is -0.319. The molecule has 1 N–H and O–H groups in total. The normalized spacial score (nSPS) is 10.4. The minimum absolute atomic E-state index is 0.231. The SMILES string of the molecule is C=C(C)C(=O)OCCSCc1ccc(CSCCO)cc1. The molecule has 0 fully saturated rings. The van der Waals surface area contributed by atoms with Gasteiger partial charge in [0.25, 0.3) is 0 Å². The maximum Gasteiger partial charge on any atom is 0.333 e. The highest BCUT2D eigenvalue weighted by Gasteiger charge is 2.02. The Morgan fingerprint density at radius 3 is 2.14 bits per heavy atom. The van der Waals surface area contributed by atoms with E-state index in [1.807, 2.05) is 0 Å². The predicted octanol–water partition coefficient (Wildman–Crippen LogP) is 3.26. The molecule has 3 nitrogen and oxygen atoms in total. The molecule has 0 aliphatic carbocycles. The van der Waals surface area contributed by atoms with E-state index < -0.39 is 0 Å². The van der Waals surface area contributed by atoms with E-state index in [0.29, 0.717) is 12.2 Å². The lowest BCUT2D eigenvalue weighted by molar-refractivity contribution is -0.138.